The molecule has 0 aliphatic carbocycles. The standard InChI is InChI=1S/C18H24F3NO4/c19-18(20,21)26-15-4-2-1-3-14(15)17(12-23,13-5-8-24-9-6-13)16-11-22-7-10-25-16/h1-4,13,16,22-23H,5-12H2. The number of aliphatic hydroxyl groups excluding tert-OH is 1. The quantitative estimate of drug-likeness (QED) is 0.827. The zero-order valence-electron chi connectivity index (χ0n) is 14.4. The Labute approximate surface area is 150 Å². The van der Waals surface area contributed by atoms with Gasteiger partial charge in [-0.1, -0.05) is 18.2 Å². The second-order valence-corrected chi connectivity index (χ2v) is 6.69. The molecule has 2 fully saturated rings. The van der Waals surface area contributed by atoms with E-state index in [2.05, 4.69) is 10.1 Å². The van der Waals surface area contributed by atoms with Crippen LogP contribution in [0.25, 0.3) is 0 Å². The van der Waals surface area contributed by atoms with Gasteiger partial charge in [0.2, 0.25) is 0 Å². The molecule has 26 heavy (non-hydrogen) atoms. The van der Waals surface area contributed by atoms with Crippen molar-refractivity contribution in [3.63, 3.8) is 0 Å². The summed E-state index contributed by atoms with van der Waals surface area (Å²) >= 11 is 0. The second kappa shape index (κ2) is 8.12. The van der Waals surface area contributed by atoms with E-state index in [1.165, 1.54) is 12.1 Å². The van der Waals surface area contributed by atoms with Crippen LogP contribution in [-0.4, -0.2) is 57.1 Å². The van der Waals surface area contributed by atoms with E-state index >= 15 is 0 Å². The first-order valence-corrected chi connectivity index (χ1v) is 8.83. The molecule has 5 nitrogen and oxygen atoms in total. The molecule has 0 spiro atoms. The third-order valence-electron chi connectivity index (χ3n) is 5.33. The van der Waals surface area contributed by atoms with Crippen LogP contribution < -0.4 is 10.1 Å². The van der Waals surface area contributed by atoms with Gasteiger partial charge in [-0.15, -0.1) is 13.2 Å². The molecule has 2 unspecified atom stereocenters. The average Bonchev–Trinajstić information content (AvgIpc) is 2.65. The van der Waals surface area contributed by atoms with Crippen LogP contribution in [0.15, 0.2) is 24.3 Å². The van der Waals surface area contributed by atoms with Crippen molar-refractivity contribution in [2.75, 3.05) is 39.5 Å². The zero-order chi connectivity index (χ0) is 18.6. The van der Waals surface area contributed by atoms with E-state index in [0.717, 1.165) is 0 Å². The zero-order valence-corrected chi connectivity index (χ0v) is 14.4. The van der Waals surface area contributed by atoms with Crippen molar-refractivity contribution in [3.8, 4) is 5.75 Å². The summed E-state index contributed by atoms with van der Waals surface area (Å²) in [5.41, 5.74) is -0.667. The Morgan fingerprint density at radius 2 is 1.88 bits per heavy atom. The van der Waals surface area contributed by atoms with Crippen LogP contribution in [0.3, 0.4) is 0 Å². The summed E-state index contributed by atoms with van der Waals surface area (Å²) in [6.07, 6.45) is -3.98. The number of benzene rings is 1. The smallest absolute Gasteiger partial charge is 0.405 e. The fourth-order valence-electron chi connectivity index (χ4n) is 4.15. The molecule has 0 saturated carbocycles. The lowest BCUT2D eigenvalue weighted by atomic mass is 9.63. The Morgan fingerprint density at radius 1 is 1.15 bits per heavy atom. The molecular weight excluding hydrogens is 351 g/mol. The third-order valence-corrected chi connectivity index (χ3v) is 5.33. The predicted molar refractivity (Wildman–Crippen MR) is 88.0 cm³/mol. The Morgan fingerprint density at radius 3 is 2.50 bits per heavy atom. The summed E-state index contributed by atoms with van der Waals surface area (Å²) in [5.74, 6) is -0.362. The summed E-state index contributed by atoms with van der Waals surface area (Å²) in [5, 5.41) is 13.7. The second-order valence-electron chi connectivity index (χ2n) is 6.69. The molecule has 2 atom stereocenters. The van der Waals surface area contributed by atoms with Crippen molar-refractivity contribution in [1.29, 1.82) is 0 Å². The monoisotopic (exact) mass is 375 g/mol. The predicted octanol–water partition coefficient (Wildman–Crippen LogP) is 2.23. The normalized spacial score (nSPS) is 24.8. The molecular formula is C18H24F3NO4. The van der Waals surface area contributed by atoms with Gasteiger partial charge in [0.15, 0.2) is 0 Å². The topological polar surface area (TPSA) is 60.0 Å². The number of alkyl halides is 3. The van der Waals surface area contributed by atoms with E-state index in [-0.39, 0.29) is 18.3 Å². The van der Waals surface area contributed by atoms with Crippen LogP contribution in [0.2, 0.25) is 0 Å². The third kappa shape index (κ3) is 3.98. The van der Waals surface area contributed by atoms with Crippen molar-refractivity contribution < 1.29 is 32.5 Å². The van der Waals surface area contributed by atoms with Crippen molar-refractivity contribution in [2.45, 2.75) is 30.7 Å². The van der Waals surface area contributed by atoms with E-state index in [1.807, 2.05) is 0 Å². The number of aliphatic hydroxyl groups is 1. The van der Waals surface area contributed by atoms with Crippen LogP contribution in [0.1, 0.15) is 18.4 Å². The van der Waals surface area contributed by atoms with E-state index in [0.29, 0.717) is 51.3 Å². The number of para-hydroxylation sites is 1. The number of morpholine rings is 1. The van der Waals surface area contributed by atoms with Crippen LogP contribution >= 0.6 is 0 Å². The van der Waals surface area contributed by atoms with E-state index in [9.17, 15) is 18.3 Å². The van der Waals surface area contributed by atoms with E-state index in [1.54, 1.807) is 12.1 Å². The van der Waals surface area contributed by atoms with Crippen molar-refractivity contribution >= 4 is 0 Å². The van der Waals surface area contributed by atoms with Crippen molar-refractivity contribution in [2.24, 2.45) is 5.92 Å². The molecule has 0 aromatic heterocycles. The maximum absolute atomic E-state index is 12.9. The number of rotatable bonds is 5. The largest absolute Gasteiger partial charge is 0.573 e. The first kappa shape index (κ1) is 19.4. The van der Waals surface area contributed by atoms with Gasteiger partial charge in [0.25, 0.3) is 0 Å². The van der Waals surface area contributed by atoms with Crippen LogP contribution in [-0.2, 0) is 14.9 Å². The van der Waals surface area contributed by atoms with Crippen molar-refractivity contribution in [1.82, 2.24) is 5.32 Å². The van der Waals surface area contributed by atoms with Crippen LogP contribution in [0.5, 0.6) is 5.75 Å². The molecule has 2 saturated heterocycles. The lowest BCUT2D eigenvalue weighted by Crippen LogP contribution is -2.58. The van der Waals surface area contributed by atoms with Crippen LogP contribution in [0, 0.1) is 5.92 Å². The van der Waals surface area contributed by atoms with Gasteiger partial charge >= 0.3 is 6.36 Å². The molecule has 0 bridgehead atoms. The van der Waals surface area contributed by atoms with Gasteiger partial charge in [0, 0.05) is 31.9 Å². The Balaban J connectivity index is 2.07. The molecule has 146 valence electrons. The van der Waals surface area contributed by atoms with Gasteiger partial charge < -0.3 is 24.6 Å². The molecule has 2 aliphatic heterocycles. The van der Waals surface area contributed by atoms with Gasteiger partial charge in [-0.05, 0) is 24.8 Å². The SMILES string of the molecule is OCC(c1ccccc1OC(F)(F)F)(C1CCOCC1)C1CNCCO1. The fraction of sp³-hybridized carbons (Fsp3) is 0.667. The lowest BCUT2D eigenvalue weighted by molar-refractivity contribution is -0.275. The first-order valence-electron chi connectivity index (χ1n) is 8.83. The number of hydrogen-bond donors (Lipinski definition) is 2. The summed E-state index contributed by atoms with van der Waals surface area (Å²) in [7, 11) is 0. The number of nitrogens with one attached hydrogen (secondary N) is 1. The summed E-state index contributed by atoms with van der Waals surface area (Å²) in [6, 6.07) is 6.06. The van der Waals surface area contributed by atoms with E-state index < -0.39 is 17.9 Å². The number of halogens is 3. The molecule has 1 aromatic carbocycles. The minimum Gasteiger partial charge on any atom is -0.405 e. The Bertz CT molecular complexity index is 566. The van der Waals surface area contributed by atoms with Crippen molar-refractivity contribution in [3.05, 3.63) is 29.8 Å². The molecule has 8 heteroatoms. The minimum absolute atomic E-state index is 0.0795. The number of ether oxygens (including phenoxy) is 3. The molecule has 2 N–H and O–H groups in total. The molecule has 3 rings (SSSR count). The van der Waals surface area contributed by atoms with E-state index in [4.69, 9.17) is 9.47 Å². The highest BCUT2D eigenvalue weighted by Crippen LogP contribution is 2.46. The molecule has 2 heterocycles. The summed E-state index contributed by atoms with van der Waals surface area (Å²) in [4.78, 5) is 0. The molecule has 0 amide bonds. The van der Waals surface area contributed by atoms with Gasteiger partial charge in [-0.3, -0.25) is 0 Å². The highest BCUT2D eigenvalue weighted by Gasteiger charge is 2.50. The Hall–Kier alpha value is -1.35. The lowest BCUT2D eigenvalue weighted by Gasteiger charge is -2.48. The summed E-state index contributed by atoms with van der Waals surface area (Å²) < 4.78 is 54.5. The maximum atomic E-state index is 12.9. The summed E-state index contributed by atoms with van der Waals surface area (Å²) in [6.45, 7) is 2.26. The highest BCUT2D eigenvalue weighted by atomic mass is 19.4. The van der Waals surface area contributed by atoms with Crippen LogP contribution in [0.4, 0.5) is 13.2 Å². The van der Waals surface area contributed by atoms with Gasteiger partial charge in [0.1, 0.15) is 5.75 Å². The Kier molecular flexibility index (Phi) is 6.06. The fourth-order valence-corrected chi connectivity index (χ4v) is 4.15. The average molecular weight is 375 g/mol. The molecule has 0 radical (unpaired) electrons. The number of hydrogen-bond acceptors (Lipinski definition) is 5. The van der Waals surface area contributed by atoms with Gasteiger partial charge in [0.05, 0.1) is 24.7 Å². The maximum Gasteiger partial charge on any atom is 0.573 e. The van der Waals surface area contributed by atoms with Gasteiger partial charge in [-0.25, -0.2) is 0 Å². The first-order chi connectivity index (χ1) is 12.5. The minimum atomic E-state index is -4.81. The molecule has 2 aliphatic rings. The van der Waals surface area contributed by atoms with Gasteiger partial charge in [-0.2, -0.15) is 0 Å². The highest BCUT2D eigenvalue weighted by molar-refractivity contribution is 5.42. The molecule has 1 aromatic rings.